The molecule has 0 N–H and O–H groups in total. The average molecular weight is 994 g/mol. The fourth-order valence-corrected chi connectivity index (χ4v) is 9.55. The van der Waals surface area contributed by atoms with E-state index in [-0.39, 0.29) is 31.9 Å². The second-order valence-corrected chi connectivity index (χ2v) is 19.7. The van der Waals surface area contributed by atoms with Crippen LogP contribution in [-0.2, 0) is 40.3 Å². The molecular formula is C55H50N4O2Pt. The number of hydrogen-bond acceptors (Lipinski definition) is 6. The van der Waals surface area contributed by atoms with Gasteiger partial charge in [0.2, 0.25) is 0 Å². The van der Waals surface area contributed by atoms with E-state index in [1.54, 1.807) is 12.7 Å². The summed E-state index contributed by atoms with van der Waals surface area (Å²) in [6.45, 7) is 22.1. The molecule has 0 saturated heterocycles. The molecule has 0 radical (unpaired) electrons. The van der Waals surface area contributed by atoms with E-state index in [0.717, 1.165) is 123 Å². The van der Waals surface area contributed by atoms with Gasteiger partial charge in [0.05, 0.1) is 22.2 Å². The van der Waals surface area contributed by atoms with E-state index < -0.39 is 0 Å². The molecule has 62 heavy (non-hydrogen) atoms. The van der Waals surface area contributed by atoms with E-state index in [0.29, 0.717) is 6.42 Å². The van der Waals surface area contributed by atoms with E-state index in [1.807, 2.05) is 0 Å². The molecule has 10 rings (SSSR count). The number of aromatic nitrogens is 4. The normalized spacial score (nSPS) is 12.4. The molecule has 0 atom stereocenters. The van der Waals surface area contributed by atoms with Crippen LogP contribution in [0.25, 0.3) is 88.2 Å². The number of fused-ring (bicyclic) bond motifs is 8. The topological polar surface area (TPSA) is 77.8 Å². The van der Waals surface area contributed by atoms with Crippen molar-refractivity contribution in [3.8, 4) is 22.5 Å². The summed E-state index contributed by atoms with van der Waals surface area (Å²) in [4.78, 5) is 19.4. The third kappa shape index (κ3) is 7.61. The van der Waals surface area contributed by atoms with Crippen molar-refractivity contribution in [1.82, 2.24) is 19.9 Å². The van der Waals surface area contributed by atoms with Crippen molar-refractivity contribution in [1.29, 1.82) is 0 Å². The van der Waals surface area contributed by atoms with Gasteiger partial charge in [-0.15, -0.1) is 35.4 Å². The SMILES string of the molecule is Cc1cc(C)c2c(c1)oc1c(-c3ncnc4cc(CC(C)(C)C)ccc34)[c-]c(Cc3[c-]c(-c4ncnc5cc(CC(C)(C)C)ccc45)c4oc5cc(C)cc(C)c5c4c3)cc12.[Pt+2]. The van der Waals surface area contributed by atoms with Crippen molar-refractivity contribution in [2.24, 2.45) is 10.8 Å². The first-order valence-corrected chi connectivity index (χ1v) is 21.3. The average Bonchev–Trinajstić information content (AvgIpc) is 3.73. The summed E-state index contributed by atoms with van der Waals surface area (Å²) in [7, 11) is 0. The van der Waals surface area contributed by atoms with Crippen LogP contribution in [0.3, 0.4) is 0 Å². The van der Waals surface area contributed by atoms with Gasteiger partial charge in [-0.3, -0.25) is 9.97 Å². The van der Waals surface area contributed by atoms with Gasteiger partial charge >= 0.3 is 21.1 Å². The maximum Gasteiger partial charge on any atom is 2.00 e. The maximum absolute atomic E-state index is 6.79. The van der Waals surface area contributed by atoms with Crippen LogP contribution in [0.5, 0.6) is 0 Å². The Balaban J connectivity index is 0.00000490. The van der Waals surface area contributed by atoms with E-state index in [2.05, 4.69) is 154 Å². The summed E-state index contributed by atoms with van der Waals surface area (Å²) in [6.07, 6.45) is 5.80. The van der Waals surface area contributed by atoms with E-state index in [1.165, 1.54) is 22.3 Å². The number of hydrogen-bond donors (Lipinski definition) is 0. The van der Waals surface area contributed by atoms with Crippen molar-refractivity contribution >= 4 is 65.7 Å². The zero-order valence-corrected chi connectivity index (χ0v) is 39.4. The van der Waals surface area contributed by atoms with Crippen LogP contribution >= 0.6 is 0 Å². The Kier molecular flexibility index (Phi) is 10.3. The third-order valence-corrected chi connectivity index (χ3v) is 11.7. The largest absolute Gasteiger partial charge is 2.00 e. The second-order valence-electron chi connectivity index (χ2n) is 19.7. The van der Waals surface area contributed by atoms with Gasteiger partial charge in [0.25, 0.3) is 0 Å². The van der Waals surface area contributed by atoms with Gasteiger partial charge in [-0.2, -0.15) is 0 Å². The van der Waals surface area contributed by atoms with Gasteiger partial charge in [-0.25, -0.2) is 9.97 Å². The van der Waals surface area contributed by atoms with Crippen molar-refractivity contribution in [2.45, 2.75) is 88.5 Å². The van der Waals surface area contributed by atoms with Crippen molar-refractivity contribution in [3.63, 3.8) is 0 Å². The number of rotatable bonds is 6. The summed E-state index contributed by atoms with van der Waals surface area (Å²) < 4.78 is 13.6. The molecule has 0 bridgehead atoms. The maximum atomic E-state index is 6.79. The Hall–Kier alpha value is -5.71. The van der Waals surface area contributed by atoms with Gasteiger partial charge in [-0.1, -0.05) is 99.8 Å². The molecule has 312 valence electrons. The van der Waals surface area contributed by atoms with Crippen molar-refractivity contribution < 1.29 is 29.9 Å². The number of aryl methyl sites for hydroxylation is 4. The molecular weight excluding hydrogens is 944 g/mol. The fourth-order valence-electron chi connectivity index (χ4n) is 9.55. The molecule has 4 heterocycles. The summed E-state index contributed by atoms with van der Waals surface area (Å²) in [5.41, 5.74) is 17.8. The molecule has 0 unspecified atom stereocenters. The molecule has 0 fully saturated rings. The van der Waals surface area contributed by atoms with Crippen molar-refractivity contribution in [3.05, 3.63) is 142 Å². The van der Waals surface area contributed by atoms with Gasteiger partial charge < -0.3 is 8.83 Å². The predicted molar refractivity (Wildman–Crippen MR) is 250 cm³/mol. The van der Waals surface area contributed by atoms with Crippen LogP contribution in [0, 0.1) is 50.7 Å². The first-order chi connectivity index (χ1) is 29.0. The predicted octanol–water partition coefficient (Wildman–Crippen LogP) is 14.3. The minimum Gasteiger partial charge on any atom is -0.501 e. The minimum atomic E-state index is 0. The Morgan fingerprint density at radius 1 is 0.500 bits per heavy atom. The Morgan fingerprint density at radius 2 is 0.919 bits per heavy atom. The van der Waals surface area contributed by atoms with Gasteiger partial charge in [0.1, 0.15) is 23.8 Å². The van der Waals surface area contributed by atoms with E-state index >= 15 is 0 Å². The molecule has 4 aromatic heterocycles. The standard InChI is InChI=1S/C55H50N4O2.Pt/c1-30-15-32(3)48-40-20-36(22-42(52(40)60-46(48)17-30)50-38-13-11-34(26-54(5,6)7)24-44(38)56-28-58-50)19-37-21-41-49-33(4)16-31(2)18-47(49)61-53(41)43(23-37)51-39-14-12-35(27-55(8,9)10)25-45(39)57-29-59-51;/h11-18,20-21,24-25,28-29H,19,26-27H2,1-10H3;/q-2;+2. The third-order valence-electron chi connectivity index (χ3n) is 11.7. The van der Waals surface area contributed by atoms with E-state index in [9.17, 15) is 0 Å². The summed E-state index contributed by atoms with van der Waals surface area (Å²) >= 11 is 0. The molecule has 10 aromatic rings. The van der Waals surface area contributed by atoms with Crippen molar-refractivity contribution in [2.75, 3.05) is 0 Å². The summed E-state index contributed by atoms with van der Waals surface area (Å²) in [6, 6.07) is 34.0. The number of furan rings is 2. The molecule has 7 heteroatoms. The molecule has 0 aliphatic rings. The molecule has 6 aromatic carbocycles. The van der Waals surface area contributed by atoms with Crippen LogP contribution < -0.4 is 0 Å². The molecule has 6 nitrogen and oxygen atoms in total. The molecule has 0 aliphatic heterocycles. The minimum absolute atomic E-state index is 0. The van der Waals surface area contributed by atoms with Gasteiger partial charge in [0, 0.05) is 22.2 Å². The Labute approximate surface area is 377 Å². The van der Waals surface area contributed by atoms with Crippen LogP contribution in [-0.4, -0.2) is 19.9 Å². The summed E-state index contributed by atoms with van der Waals surface area (Å²) in [5, 5.41) is 6.23. The van der Waals surface area contributed by atoms with Crippen LogP contribution in [0.1, 0.15) is 86.1 Å². The van der Waals surface area contributed by atoms with E-state index in [4.69, 9.17) is 28.8 Å². The number of nitrogens with zero attached hydrogens (tertiary/aromatic N) is 4. The Morgan fingerprint density at radius 3 is 1.32 bits per heavy atom. The molecule has 0 amide bonds. The summed E-state index contributed by atoms with van der Waals surface area (Å²) in [5.74, 6) is 0. The molecule has 0 saturated carbocycles. The zero-order chi connectivity index (χ0) is 42.5. The van der Waals surface area contributed by atoms with Crippen LogP contribution in [0.15, 0.2) is 94.3 Å². The quantitative estimate of drug-likeness (QED) is 0.154. The zero-order valence-electron chi connectivity index (χ0n) is 37.1. The first kappa shape index (κ1) is 41.6. The van der Waals surface area contributed by atoms with Gasteiger partial charge in [-0.05, 0) is 126 Å². The molecule has 0 spiro atoms. The number of benzene rings is 6. The van der Waals surface area contributed by atoms with Gasteiger partial charge in [0.15, 0.2) is 0 Å². The second kappa shape index (κ2) is 15.3. The van der Waals surface area contributed by atoms with Crippen LogP contribution in [0.2, 0.25) is 0 Å². The monoisotopic (exact) mass is 993 g/mol. The smallest absolute Gasteiger partial charge is 0.501 e. The fraction of sp³-hybridized carbons (Fsp3) is 0.273. The first-order valence-electron chi connectivity index (χ1n) is 21.3. The molecule has 0 aliphatic carbocycles. The van der Waals surface area contributed by atoms with Crippen LogP contribution in [0.4, 0.5) is 0 Å². The Bertz CT molecular complexity index is 3190.